The van der Waals surface area contributed by atoms with Crippen molar-refractivity contribution >= 4 is 42.3 Å². The number of aromatic nitrogens is 2. The van der Waals surface area contributed by atoms with Gasteiger partial charge >= 0.3 is 5.97 Å². The van der Waals surface area contributed by atoms with Gasteiger partial charge in [0, 0.05) is 37.7 Å². The SMILES string of the molecule is CCOC(=O)CC(C(=O)N1CCCC1)=C1C=c2nc(Cc3ccc(C(=N)N)cc3)n(C)c2=CC1.Cl. The largest absolute Gasteiger partial charge is 0.466 e. The number of hydrogen-bond donors (Lipinski definition) is 2. The van der Waals surface area contributed by atoms with E-state index >= 15 is 0 Å². The Bertz CT molecular complexity index is 1270. The number of carbonyl (C=O) groups is 2. The summed E-state index contributed by atoms with van der Waals surface area (Å²) in [6.07, 6.45) is 7.16. The predicted molar refractivity (Wildman–Crippen MR) is 138 cm³/mol. The number of amides is 1. The van der Waals surface area contributed by atoms with Crippen molar-refractivity contribution in [1.29, 1.82) is 5.41 Å². The summed E-state index contributed by atoms with van der Waals surface area (Å²) in [6, 6.07) is 7.58. The number of nitrogens with one attached hydrogen (secondary N) is 1. The summed E-state index contributed by atoms with van der Waals surface area (Å²) in [7, 11) is 1.99. The number of nitrogens with zero attached hydrogens (tertiary/aromatic N) is 3. The summed E-state index contributed by atoms with van der Waals surface area (Å²) in [5, 5.41) is 9.35. The molecule has 4 rings (SSSR count). The van der Waals surface area contributed by atoms with Crippen LogP contribution in [-0.2, 0) is 27.8 Å². The van der Waals surface area contributed by atoms with E-state index < -0.39 is 0 Å². The van der Waals surface area contributed by atoms with Crippen molar-refractivity contribution < 1.29 is 14.3 Å². The van der Waals surface area contributed by atoms with Crippen LogP contribution in [0.3, 0.4) is 0 Å². The maximum absolute atomic E-state index is 13.3. The van der Waals surface area contributed by atoms with Crippen molar-refractivity contribution in [1.82, 2.24) is 14.5 Å². The molecule has 0 unspecified atom stereocenters. The van der Waals surface area contributed by atoms with Gasteiger partial charge in [-0.05, 0) is 43.4 Å². The van der Waals surface area contributed by atoms with Gasteiger partial charge in [0.15, 0.2) is 0 Å². The second-order valence-electron chi connectivity index (χ2n) is 8.68. The molecule has 0 bridgehead atoms. The van der Waals surface area contributed by atoms with E-state index in [1.165, 1.54) is 0 Å². The Labute approximate surface area is 211 Å². The molecule has 2 aliphatic rings. The molecule has 1 aromatic carbocycles. The molecule has 1 amide bonds. The topological polar surface area (TPSA) is 114 Å². The average molecular weight is 498 g/mol. The van der Waals surface area contributed by atoms with E-state index in [1.807, 2.05) is 42.3 Å². The fraction of sp³-hybridized carbons (Fsp3) is 0.385. The zero-order chi connectivity index (χ0) is 24.2. The Balaban J connectivity index is 0.00000342. The summed E-state index contributed by atoms with van der Waals surface area (Å²) in [4.78, 5) is 32.2. The fourth-order valence-electron chi connectivity index (χ4n) is 4.51. The first kappa shape index (κ1) is 26.2. The number of nitrogen functional groups attached to an aromatic ring is 1. The molecular weight excluding hydrogens is 466 g/mol. The molecule has 0 atom stereocenters. The lowest BCUT2D eigenvalue weighted by atomic mass is 9.98. The third-order valence-electron chi connectivity index (χ3n) is 6.38. The molecule has 0 spiro atoms. The molecule has 1 aromatic heterocycles. The van der Waals surface area contributed by atoms with Gasteiger partial charge in [-0.25, -0.2) is 4.98 Å². The van der Waals surface area contributed by atoms with Gasteiger partial charge < -0.3 is 19.9 Å². The van der Waals surface area contributed by atoms with Gasteiger partial charge in [-0.15, -0.1) is 12.4 Å². The van der Waals surface area contributed by atoms with E-state index in [9.17, 15) is 9.59 Å². The number of amidine groups is 1. The van der Waals surface area contributed by atoms with E-state index in [4.69, 9.17) is 20.9 Å². The van der Waals surface area contributed by atoms with E-state index in [2.05, 4.69) is 10.6 Å². The molecule has 9 heteroatoms. The van der Waals surface area contributed by atoms with Crippen LogP contribution in [0, 0.1) is 5.41 Å². The van der Waals surface area contributed by atoms with Gasteiger partial charge in [0.2, 0.25) is 0 Å². The number of hydrogen-bond acceptors (Lipinski definition) is 5. The molecule has 186 valence electrons. The minimum Gasteiger partial charge on any atom is -0.466 e. The zero-order valence-electron chi connectivity index (χ0n) is 20.2. The van der Waals surface area contributed by atoms with Gasteiger partial charge in [-0.3, -0.25) is 15.0 Å². The number of halogens is 1. The van der Waals surface area contributed by atoms with Crippen LogP contribution >= 0.6 is 12.4 Å². The van der Waals surface area contributed by atoms with Gasteiger partial charge in [-0.1, -0.05) is 30.3 Å². The number of carbonyl (C=O) groups excluding carboxylic acids is 2. The highest BCUT2D eigenvalue weighted by Gasteiger charge is 2.26. The number of imidazole rings is 1. The van der Waals surface area contributed by atoms with Crippen molar-refractivity contribution in [3.05, 3.63) is 63.1 Å². The molecule has 8 nitrogen and oxygen atoms in total. The second-order valence-corrected chi connectivity index (χ2v) is 8.68. The molecule has 1 fully saturated rings. The number of rotatable bonds is 7. The summed E-state index contributed by atoms with van der Waals surface area (Å²) in [5.74, 6) is 0.486. The van der Waals surface area contributed by atoms with Crippen LogP contribution in [0.25, 0.3) is 12.2 Å². The lowest BCUT2D eigenvalue weighted by Crippen LogP contribution is -2.34. The highest BCUT2D eigenvalue weighted by atomic mass is 35.5. The van der Waals surface area contributed by atoms with Gasteiger partial charge in [0.05, 0.1) is 23.7 Å². The van der Waals surface area contributed by atoms with Crippen molar-refractivity contribution in [2.24, 2.45) is 12.8 Å². The first-order valence-electron chi connectivity index (χ1n) is 11.7. The van der Waals surface area contributed by atoms with Gasteiger partial charge in [-0.2, -0.15) is 0 Å². The summed E-state index contributed by atoms with van der Waals surface area (Å²) < 4.78 is 7.21. The predicted octanol–water partition coefficient (Wildman–Crippen LogP) is 1.55. The maximum atomic E-state index is 13.3. The first-order valence-corrected chi connectivity index (χ1v) is 11.7. The molecule has 1 aliphatic carbocycles. The smallest absolute Gasteiger partial charge is 0.310 e. The van der Waals surface area contributed by atoms with Crippen LogP contribution in [-0.4, -0.2) is 51.9 Å². The zero-order valence-corrected chi connectivity index (χ0v) is 21.0. The highest BCUT2D eigenvalue weighted by Crippen LogP contribution is 2.22. The molecule has 2 heterocycles. The highest BCUT2D eigenvalue weighted by molar-refractivity contribution is 6.00. The maximum Gasteiger partial charge on any atom is 0.310 e. The standard InChI is InChI=1S/C26H31N5O3.ClH/c1-3-34-24(32)16-20(26(33)31-12-4-5-13-31)19-10-11-22-21(15-19)29-23(30(22)2)14-17-6-8-18(9-7-17)25(27)28;/h6-9,11,15H,3-5,10,12-14,16H2,1-2H3,(H3,27,28);1H. The number of likely N-dealkylation sites (tertiary alicyclic amines) is 1. The molecule has 2 aromatic rings. The Morgan fingerprint density at radius 3 is 2.49 bits per heavy atom. The Hall–Kier alpha value is -3.39. The first-order chi connectivity index (χ1) is 16.4. The van der Waals surface area contributed by atoms with Crippen molar-refractivity contribution in [3.63, 3.8) is 0 Å². The van der Waals surface area contributed by atoms with Crippen molar-refractivity contribution in [3.8, 4) is 0 Å². The van der Waals surface area contributed by atoms with Crippen LogP contribution in [0.5, 0.6) is 0 Å². The number of ether oxygens (including phenoxy) is 1. The monoisotopic (exact) mass is 497 g/mol. The molecule has 35 heavy (non-hydrogen) atoms. The van der Waals surface area contributed by atoms with Crippen LogP contribution in [0.1, 0.15) is 49.6 Å². The van der Waals surface area contributed by atoms with Crippen molar-refractivity contribution in [2.75, 3.05) is 19.7 Å². The Morgan fingerprint density at radius 1 is 1.17 bits per heavy atom. The number of nitrogens with two attached hydrogens (primary N) is 1. The van der Waals surface area contributed by atoms with Crippen LogP contribution in [0.2, 0.25) is 0 Å². The van der Waals surface area contributed by atoms with E-state index in [0.29, 0.717) is 24.0 Å². The van der Waals surface area contributed by atoms with E-state index in [-0.39, 0.29) is 43.1 Å². The molecule has 0 radical (unpaired) electrons. The molecule has 1 saturated heterocycles. The van der Waals surface area contributed by atoms with Gasteiger partial charge in [0.1, 0.15) is 11.7 Å². The van der Waals surface area contributed by atoms with Crippen LogP contribution in [0.15, 0.2) is 35.4 Å². The fourth-order valence-corrected chi connectivity index (χ4v) is 4.51. The van der Waals surface area contributed by atoms with Gasteiger partial charge in [0.25, 0.3) is 5.91 Å². The molecule has 0 saturated carbocycles. The molecule has 3 N–H and O–H groups in total. The van der Waals surface area contributed by atoms with Crippen LogP contribution < -0.4 is 16.4 Å². The third kappa shape index (κ3) is 5.82. The minimum atomic E-state index is -0.382. The van der Waals surface area contributed by atoms with Crippen LogP contribution in [0.4, 0.5) is 0 Å². The summed E-state index contributed by atoms with van der Waals surface area (Å²) >= 11 is 0. The Morgan fingerprint density at radius 2 is 1.86 bits per heavy atom. The number of esters is 1. The van der Waals surface area contributed by atoms with E-state index in [0.717, 1.165) is 53.6 Å². The second kappa shape index (κ2) is 11.4. The number of benzene rings is 1. The minimum absolute atomic E-state index is 0. The number of fused-ring (bicyclic) bond motifs is 1. The number of allylic oxidation sites excluding steroid dienone is 1. The third-order valence-corrected chi connectivity index (χ3v) is 6.38. The lowest BCUT2D eigenvalue weighted by Gasteiger charge is -2.19. The van der Waals surface area contributed by atoms with Crippen molar-refractivity contribution in [2.45, 2.75) is 39.0 Å². The lowest BCUT2D eigenvalue weighted by molar-refractivity contribution is -0.143. The summed E-state index contributed by atoms with van der Waals surface area (Å²) in [5.41, 5.74) is 8.64. The quantitative estimate of drug-likeness (QED) is 0.261. The Kier molecular flexibility index (Phi) is 8.51. The van der Waals surface area contributed by atoms with E-state index in [1.54, 1.807) is 6.92 Å². The summed E-state index contributed by atoms with van der Waals surface area (Å²) in [6.45, 7) is 3.51. The average Bonchev–Trinajstić information content (AvgIpc) is 3.46. The molecular formula is C26H32ClN5O3. The normalized spacial score (nSPS) is 15.9. The molecule has 1 aliphatic heterocycles.